The molecule has 0 aliphatic heterocycles. The zero-order valence-electron chi connectivity index (χ0n) is 15.0. The lowest BCUT2D eigenvalue weighted by atomic mass is 10.1. The maximum Gasteiger partial charge on any atom is 0.308 e. The lowest BCUT2D eigenvalue weighted by molar-refractivity contribution is -0.710. The minimum absolute atomic E-state index is 0.313. The van der Waals surface area contributed by atoms with Crippen LogP contribution in [0.4, 0.5) is 0 Å². The average Bonchev–Trinajstić information content (AvgIpc) is 2.55. The Hall–Kier alpha value is -1.53. The summed E-state index contributed by atoms with van der Waals surface area (Å²) >= 11 is 0. The van der Waals surface area contributed by atoms with E-state index in [1.165, 1.54) is 37.1 Å². The molecular weight excluding hydrogens is 298 g/mol. The van der Waals surface area contributed by atoms with Crippen molar-refractivity contribution in [1.29, 1.82) is 0 Å². The summed E-state index contributed by atoms with van der Waals surface area (Å²) in [5.74, 6) is -0.313. The Labute approximate surface area is 140 Å². The molecule has 0 aliphatic carbocycles. The standard InChI is InChI=1S/C16H33N3O4/c1-4-7-8-9-10-11-12-13-14-16(20)22-15-23-17-19(21)18(5-2)6-3/h4-15H2,1-3H3/b19-17-. The van der Waals surface area contributed by atoms with Gasteiger partial charge in [0.1, 0.15) is 0 Å². The van der Waals surface area contributed by atoms with Crippen LogP contribution in [0.5, 0.6) is 0 Å². The number of unbranched alkanes of at least 4 members (excludes halogenated alkanes) is 7. The van der Waals surface area contributed by atoms with Gasteiger partial charge in [0.25, 0.3) is 6.79 Å². The topological polar surface area (TPSA) is 77.2 Å². The van der Waals surface area contributed by atoms with Crippen molar-refractivity contribution >= 4 is 5.97 Å². The van der Waals surface area contributed by atoms with E-state index in [0.29, 0.717) is 24.5 Å². The summed E-state index contributed by atoms with van der Waals surface area (Å²) < 4.78 is 4.86. The minimum Gasteiger partial charge on any atom is -0.569 e. The molecule has 0 rings (SSSR count). The predicted molar refractivity (Wildman–Crippen MR) is 88.2 cm³/mol. The van der Waals surface area contributed by atoms with Crippen LogP contribution in [-0.2, 0) is 14.4 Å². The molecule has 0 bridgehead atoms. The highest BCUT2D eigenvalue weighted by atomic mass is 16.8. The molecule has 0 aromatic heterocycles. The fourth-order valence-corrected chi connectivity index (χ4v) is 2.16. The van der Waals surface area contributed by atoms with E-state index in [1.54, 1.807) is 0 Å². The first kappa shape index (κ1) is 21.5. The third kappa shape index (κ3) is 12.7. The first-order valence-corrected chi connectivity index (χ1v) is 8.86. The van der Waals surface area contributed by atoms with Crippen molar-refractivity contribution in [3.8, 4) is 0 Å². The lowest BCUT2D eigenvalue weighted by Gasteiger charge is -2.13. The third-order valence-electron chi connectivity index (χ3n) is 3.61. The van der Waals surface area contributed by atoms with Crippen LogP contribution in [-0.4, -0.2) is 35.8 Å². The third-order valence-corrected chi connectivity index (χ3v) is 3.61. The molecule has 7 heteroatoms. The summed E-state index contributed by atoms with van der Waals surface area (Å²) in [6.45, 7) is 6.63. The number of esters is 1. The molecule has 0 spiro atoms. The molecule has 0 saturated carbocycles. The number of rotatable bonds is 15. The highest BCUT2D eigenvalue weighted by Gasteiger charge is 2.07. The van der Waals surface area contributed by atoms with E-state index in [0.717, 1.165) is 19.3 Å². The Balaban J connectivity index is 3.52. The van der Waals surface area contributed by atoms with Crippen molar-refractivity contribution in [1.82, 2.24) is 5.01 Å². The maximum absolute atomic E-state index is 11.5. The number of hydrogen-bond acceptors (Lipinski definition) is 5. The van der Waals surface area contributed by atoms with Crippen LogP contribution >= 0.6 is 0 Å². The van der Waals surface area contributed by atoms with E-state index >= 15 is 0 Å². The minimum atomic E-state index is -0.324. The number of hydrazine groups is 1. The van der Waals surface area contributed by atoms with Gasteiger partial charge in [0, 0.05) is 6.42 Å². The normalized spacial score (nSPS) is 11.3. The molecule has 0 N–H and O–H groups in total. The van der Waals surface area contributed by atoms with Crippen LogP contribution in [0.25, 0.3) is 0 Å². The van der Waals surface area contributed by atoms with Gasteiger partial charge in [-0.25, -0.2) is 0 Å². The van der Waals surface area contributed by atoms with Crippen LogP contribution < -0.4 is 0 Å². The van der Waals surface area contributed by atoms with Crippen molar-refractivity contribution in [2.24, 2.45) is 5.28 Å². The molecule has 7 nitrogen and oxygen atoms in total. The first-order valence-electron chi connectivity index (χ1n) is 8.86. The van der Waals surface area contributed by atoms with Crippen LogP contribution in [0, 0.1) is 5.21 Å². The lowest BCUT2D eigenvalue weighted by Crippen LogP contribution is -2.30. The van der Waals surface area contributed by atoms with Crippen LogP contribution in [0.2, 0.25) is 0 Å². The molecule has 0 atom stereocenters. The van der Waals surface area contributed by atoms with E-state index in [2.05, 4.69) is 17.0 Å². The molecule has 23 heavy (non-hydrogen) atoms. The van der Waals surface area contributed by atoms with Crippen LogP contribution in [0.15, 0.2) is 5.28 Å². The highest BCUT2D eigenvalue weighted by Crippen LogP contribution is 2.09. The number of hydrogen-bond donors (Lipinski definition) is 0. The van der Waals surface area contributed by atoms with Gasteiger partial charge in [0.05, 0.1) is 18.1 Å². The number of carbonyl (C=O) groups excluding carboxylic acids is 1. The summed E-state index contributed by atoms with van der Waals surface area (Å²) in [5, 5.41) is 16.1. The van der Waals surface area contributed by atoms with E-state index in [9.17, 15) is 10.0 Å². The molecule has 0 aliphatic rings. The smallest absolute Gasteiger partial charge is 0.308 e. The molecule has 0 aromatic rings. The second kappa shape index (κ2) is 15.4. The fourth-order valence-electron chi connectivity index (χ4n) is 2.16. The quantitative estimate of drug-likeness (QED) is 0.112. The fraction of sp³-hybridized carbons (Fsp3) is 0.938. The predicted octanol–water partition coefficient (Wildman–Crippen LogP) is 4.17. The molecule has 0 aromatic carbocycles. The Morgan fingerprint density at radius 1 is 1.00 bits per heavy atom. The number of ether oxygens (including phenoxy) is 1. The van der Waals surface area contributed by atoms with E-state index < -0.39 is 0 Å². The van der Waals surface area contributed by atoms with Gasteiger partial charge in [-0.05, 0) is 20.3 Å². The van der Waals surface area contributed by atoms with Gasteiger partial charge < -0.3 is 14.8 Å². The largest absolute Gasteiger partial charge is 0.569 e. The van der Waals surface area contributed by atoms with Gasteiger partial charge in [0.2, 0.25) is 5.28 Å². The summed E-state index contributed by atoms with van der Waals surface area (Å²) in [5.41, 5.74) is 0. The summed E-state index contributed by atoms with van der Waals surface area (Å²) in [6, 6.07) is 0. The Bertz CT molecular complexity index is 320. The Kier molecular flexibility index (Phi) is 14.3. The van der Waals surface area contributed by atoms with Gasteiger partial charge in [0.15, 0.2) is 0 Å². The summed E-state index contributed by atoms with van der Waals surface area (Å²) in [4.78, 5) is 16.5. The van der Waals surface area contributed by atoms with Gasteiger partial charge in [-0.15, -0.1) is 5.01 Å². The van der Waals surface area contributed by atoms with Crippen molar-refractivity contribution in [3.63, 3.8) is 0 Å². The van der Waals surface area contributed by atoms with Gasteiger partial charge in [-0.1, -0.05) is 51.9 Å². The van der Waals surface area contributed by atoms with Gasteiger partial charge in [-0.2, -0.15) is 0 Å². The molecule has 0 saturated heterocycles. The summed E-state index contributed by atoms with van der Waals surface area (Å²) in [7, 11) is 0. The van der Waals surface area contributed by atoms with E-state index in [-0.39, 0.29) is 12.8 Å². The second-order valence-electron chi connectivity index (χ2n) is 5.46. The highest BCUT2D eigenvalue weighted by molar-refractivity contribution is 5.69. The zero-order valence-corrected chi connectivity index (χ0v) is 15.0. The molecule has 0 amide bonds. The zero-order chi connectivity index (χ0) is 17.3. The molecule has 0 radical (unpaired) electrons. The van der Waals surface area contributed by atoms with E-state index in [1.807, 2.05) is 13.8 Å². The van der Waals surface area contributed by atoms with Crippen molar-refractivity contribution < 1.29 is 19.3 Å². The Morgan fingerprint density at radius 2 is 1.57 bits per heavy atom. The van der Waals surface area contributed by atoms with Gasteiger partial charge in [-0.3, -0.25) is 4.79 Å². The molecule has 136 valence electrons. The monoisotopic (exact) mass is 331 g/mol. The molecule has 0 fully saturated rings. The van der Waals surface area contributed by atoms with Gasteiger partial charge >= 0.3 is 5.97 Å². The maximum atomic E-state index is 11.5. The Morgan fingerprint density at radius 3 is 2.13 bits per heavy atom. The SMILES string of the molecule is CCCCCCCCCCC(=O)OCO/N=[N+](\[O-])N(CC)CC. The molecule has 0 unspecified atom stereocenters. The van der Waals surface area contributed by atoms with E-state index in [4.69, 9.17) is 4.74 Å². The van der Waals surface area contributed by atoms with Crippen molar-refractivity contribution in [2.45, 2.75) is 78.6 Å². The number of carbonyl (C=O) groups is 1. The number of nitrogens with zero attached hydrogens (tertiary/aromatic N) is 3. The first-order chi connectivity index (χ1) is 11.2. The molecular formula is C16H33N3O4. The van der Waals surface area contributed by atoms with Crippen molar-refractivity contribution in [2.75, 3.05) is 19.9 Å². The summed E-state index contributed by atoms with van der Waals surface area (Å²) in [6.07, 6.45) is 9.83. The molecule has 0 heterocycles. The average molecular weight is 331 g/mol. The van der Waals surface area contributed by atoms with Crippen LogP contribution in [0.1, 0.15) is 78.6 Å². The second-order valence-corrected chi connectivity index (χ2v) is 5.46. The van der Waals surface area contributed by atoms with Crippen molar-refractivity contribution in [3.05, 3.63) is 5.21 Å². The van der Waals surface area contributed by atoms with Crippen LogP contribution in [0.3, 0.4) is 0 Å².